The van der Waals surface area contributed by atoms with Gasteiger partial charge >= 0.3 is 0 Å². The lowest BCUT2D eigenvalue weighted by Crippen LogP contribution is -2.33. The number of rotatable bonds is 6. The van der Waals surface area contributed by atoms with E-state index in [1.165, 1.54) is 13.2 Å². The molecule has 0 aliphatic heterocycles. The van der Waals surface area contributed by atoms with E-state index in [0.717, 1.165) is 32.2 Å². The maximum absolute atomic E-state index is 12.5. The first-order chi connectivity index (χ1) is 9.17. The van der Waals surface area contributed by atoms with Crippen LogP contribution in [0.25, 0.3) is 0 Å². The molecule has 0 spiro atoms. The number of unbranched alkanes of at least 4 members (excludes halogenated alkanes) is 1. The second kappa shape index (κ2) is 5.95. The summed E-state index contributed by atoms with van der Waals surface area (Å²) < 4.78 is 4.99. The summed E-state index contributed by atoms with van der Waals surface area (Å²) >= 11 is 0. The summed E-state index contributed by atoms with van der Waals surface area (Å²) in [6.45, 7) is 2.92. The SMILES string of the molecule is CCCCN(C(=O)c1ccc(OC)c(O)c1)C1CC1. The maximum atomic E-state index is 12.5. The maximum Gasteiger partial charge on any atom is 0.254 e. The zero-order valence-electron chi connectivity index (χ0n) is 11.6. The highest BCUT2D eigenvalue weighted by Crippen LogP contribution is 2.31. The molecule has 1 aromatic carbocycles. The number of benzene rings is 1. The van der Waals surface area contributed by atoms with Gasteiger partial charge in [-0.3, -0.25) is 4.79 Å². The molecule has 104 valence electrons. The second-order valence-corrected chi connectivity index (χ2v) is 4.97. The summed E-state index contributed by atoms with van der Waals surface area (Å²) in [5, 5.41) is 9.76. The van der Waals surface area contributed by atoms with E-state index >= 15 is 0 Å². The summed E-state index contributed by atoms with van der Waals surface area (Å²) in [6, 6.07) is 5.22. The molecule has 1 saturated carbocycles. The molecule has 19 heavy (non-hydrogen) atoms. The number of amides is 1. The monoisotopic (exact) mass is 263 g/mol. The number of phenols is 1. The van der Waals surface area contributed by atoms with Crippen molar-refractivity contribution in [3.8, 4) is 11.5 Å². The molecule has 1 aliphatic carbocycles. The van der Waals surface area contributed by atoms with Crippen molar-refractivity contribution in [3.05, 3.63) is 23.8 Å². The Balaban J connectivity index is 2.14. The number of ether oxygens (including phenoxy) is 1. The fourth-order valence-electron chi connectivity index (χ4n) is 2.15. The summed E-state index contributed by atoms with van der Waals surface area (Å²) in [7, 11) is 1.49. The largest absolute Gasteiger partial charge is 0.504 e. The lowest BCUT2D eigenvalue weighted by Gasteiger charge is -2.22. The van der Waals surface area contributed by atoms with Gasteiger partial charge in [-0.05, 0) is 37.5 Å². The summed E-state index contributed by atoms with van der Waals surface area (Å²) in [6.07, 6.45) is 4.28. The van der Waals surface area contributed by atoms with Crippen LogP contribution in [0.15, 0.2) is 18.2 Å². The van der Waals surface area contributed by atoms with E-state index in [0.29, 0.717) is 17.4 Å². The van der Waals surface area contributed by atoms with Crippen molar-refractivity contribution < 1.29 is 14.6 Å². The number of methoxy groups -OCH3 is 1. The van der Waals surface area contributed by atoms with Crippen LogP contribution < -0.4 is 4.74 Å². The molecule has 1 aliphatic rings. The molecular weight excluding hydrogens is 242 g/mol. The Hall–Kier alpha value is -1.71. The zero-order valence-corrected chi connectivity index (χ0v) is 11.6. The van der Waals surface area contributed by atoms with Crippen LogP contribution in [0.4, 0.5) is 0 Å². The smallest absolute Gasteiger partial charge is 0.254 e. The highest BCUT2D eigenvalue weighted by atomic mass is 16.5. The first-order valence-electron chi connectivity index (χ1n) is 6.85. The molecular formula is C15H21NO3. The Labute approximate surface area is 114 Å². The lowest BCUT2D eigenvalue weighted by molar-refractivity contribution is 0.0740. The fourth-order valence-corrected chi connectivity index (χ4v) is 2.15. The Morgan fingerprint density at radius 3 is 2.74 bits per heavy atom. The number of nitrogens with zero attached hydrogens (tertiary/aromatic N) is 1. The molecule has 0 aromatic heterocycles. The first kappa shape index (κ1) is 13.7. The van der Waals surface area contributed by atoms with E-state index in [4.69, 9.17) is 4.74 Å². The number of hydrogen-bond acceptors (Lipinski definition) is 3. The minimum absolute atomic E-state index is 0.00824. The van der Waals surface area contributed by atoms with Gasteiger partial charge in [0.2, 0.25) is 0 Å². The normalized spacial score (nSPS) is 14.2. The van der Waals surface area contributed by atoms with Crippen LogP contribution in [-0.4, -0.2) is 35.6 Å². The van der Waals surface area contributed by atoms with E-state index < -0.39 is 0 Å². The molecule has 4 nitrogen and oxygen atoms in total. The topological polar surface area (TPSA) is 49.8 Å². The standard InChI is InChI=1S/C15H21NO3/c1-3-4-9-16(12-6-7-12)15(18)11-5-8-14(19-2)13(17)10-11/h5,8,10,12,17H,3-4,6-7,9H2,1-2H3. The van der Waals surface area contributed by atoms with Crippen LogP contribution in [0, 0.1) is 0 Å². The van der Waals surface area contributed by atoms with Crippen LogP contribution in [-0.2, 0) is 0 Å². The van der Waals surface area contributed by atoms with Gasteiger partial charge in [0.1, 0.15) is 0 Å². The molecule has 4 heteroatoms. The zero-order chi connectivity index (χ0) is 13.8. The molecule has 1 amide bonds. The number of phenolic OH excluding ortho intramolecular Hbond substituents is 1. The van der Waals surface area contributed by atoms with E-state index in [1.54, 1.807) is 12.1 Å². The lowest BCUT2D eigenvalue weighted by atomic mass is 10.1. The van der Waals surface area contributed by atoms with Crippen LogP contribution in [0.2, 0.25) is 0 Å². The Kier molecular flexibility index (Phi) is 4.30. The Morgan fingerprint density at radius 2 is 2.21 bits per heavy atom. The van der Waals surface area contributed by atoms with Crippen molar-refractivity contribution in [3.63, 3.8) is 0 Å². The van der Waals surface area contributed by atoms with Gasteiger partial charge in [-0.1, -0.05) is 13.3 Å². The molecule has 0 heterocycles. The third-order valence-corrected chi connectivity index (χ3v) is 3.43. The predicted octanol–water partition coefficient (Wildman–Crippen LogP) is 2.81. The first-order valence-corrected chi connectivity index (χ1v) is 6.85. The molecule has 0 bridgehead atoms. The van der Waals surface area contributed by atoms with Gasteiger partial charge in [0.15, 0.2) is 11.5 Å². The summed E-state index contributed by atoms with van der Waals surface area (Å²) in [5.41, 5.74) is 0.529. The third kappa shape index (κ3) is 3.19. The second-order valence-electron chi connectivity index (χ2n) is 4.97. The number of hydrogen-bond donors (Lipinski definition) is 1. The summed E-state index contributed by atoms with van der Waals surface area (Å²) in [5.74, 6) is 0.413. The van der Waals surface area contributed by atoms with Gasteiger partial charge in [0.25, 0.3) is 5.91 Å². The number of aromatic hydroxyl groups is 1. The highest BCUT2D eigenvalue weighted by molar-refractivity contribution is 5.95. The van der Waals surface area contributed by atoms with E-state index in [2.05, 4.69) is 6.92 Å². The molecule has 0 radical (unpaired) electrons. The van der Waals surface area contributed by atoms with Crippen LogP contribution >= 0.6 is 0 Å². The van der Waals surface area contributed by atoms with Gasteiger partial charge < -0.3 is 14.7 Å². The third-order valence-electron chi connectivity index (χ3n) is 3.43. The number of carbonyl (C=O) groups excluding carboxylic acids is 1. The van der Waals surface area contributed by atoms with Gasteiger partial charge in [0.05, 0.1) is 7.11 Å². The van der Waals surface area contributed by atoms with Crippen LogP contribution in [0.3, 0.4) is 0 Å². The minimum atomic E-state index is 0.00824. The van der Waals surface area contributed by atoms with Gasteiger partial charge in [-0.15, -0.1) is 0 Å². The van der Waals surface area contributed by atoms with Crippen molar-refractivity contribution in [2.75, 3.05) is 13.7 Å². The Bertz CT molecular complexity index is 455. The highest BCUT2D eigenvalue weighted by Gasteiger charge is 2.32. The molecule has 1 N–H and O–H groups in total. The van der Waals surface area contributed by atoms with E-state index in [-0.39, 0.29) is 11.7 Å². The van der Waals surface area contributed by atoms with Gasteiger partial charge in [-0.2, -0.15) is 0 Å². The molecule has 0 atom stereocenters. The van der Waals surface area contributed by atoms with Gasteiger partial charge in [0, 0.05) is 18.2 Å². The predicted molar refractivity (Wildman–Crippen MR) is 73.6 cm³/mol. The Morgan fingerprint density at radius 1 is 1.47 bits per heavy atom. The molecule has 1 fully saturated rings. The van der Waals surface area contributed by atoms with E-state index in [9.17, 15) is 9.90 Å². The fraction of sp³-hybridized carbons (Fsp3) is 0.533. The summed E-state index contributed by atoms with van der Waals surface area (Å²) in [4.78, 5) is 14.4. The van der Waals surface area contributed by atoms with Crippen molar-refractivity contribution in [2.24, 2.45) is 0 Å². The van der Waals surface area contributed by atoms with Crippen LogP contribution in [0.5, 0.6) is 11.5 Å². The quantitative estimate of drug-likeness (QED) is 0.858. The van der Waals surface area contributed by atoms with Gasteiger partial charge in [-0.25, -0.2) is 0 Å². The van der Waals surface area contributed by atoms with E-state index in [1.807, 2.05) is 4.90 Å². The van der Waals surface area contributed by atoms with Crippen LogP contribution in [0.1, 0.15) is 43.0 Å². The van der Waals surface area contributed by atoms with Crippen molar-refractivity contribution in [1.29, 1.82) is 0 Å². The minimum Gasteiger partial charge on any atom is -0.504 e. The average molecular weight is 263 g/mol. The van der Waals surface area contributed by atoms with Crippen molar-refractivity contribution >= 4 is 5.91 Å². The molecule has 0 saturated heterocycles. The van der Waals surface area contributed by atoms with Crippen molar-refractivity contribution in [1.82, 2.24) is 4.90 Å². The number of carbonyl (C=O) groups is 1. The molecule has 1 aromatic rings. The molecule has 2 rings (SSSR count). The average Bonchev–Trinajstić information content (AvgIpc) is 3.23. The van der Waals surface area contributed by atoms with Crippen molar-refractivity contribution in [2.45, 2.75) is 38.6 Å². The molecule has 0 unspecified atom stereocenters.